The van der Waals surface area contributed by atoms with E-state index in [9.17, 15) is 18.3 Å². The average Bonchev–Trinajstić information content (AvgIpc) is 2.88. The fraction of sp³-hybridized carbons (Fsp3) is 0.462. The molecule has 0 aliphatic carbocycles. The molecular weight excluding hydrogens is 318 g/mol. The predicted molar refractivity (Wildman–Crippen MR) is 76.8 cm³/mol. The first-order valence-electron chi connectivity index (χ1n) is 6.46. The van der Waals surface area contributed by atoms with Gasteiger partial charge in [0.25, 0.3) is 0 Å². The highest BCUT2D eigenvalue weighted by atomic mass is 35.5. The van der Waals surface area contributed by atoms with Gasteiger partial charge in [0.2, 0.25) is 10.0 Å². The molecule has 0 aromatic heterocycles. The van der Waals surface area contributed by atoms with E-state index >= 15 is 0 Å². The minimum Gasteiger partial charge on any atom is -0.481 e. The molecule has 1 N–H and O–H groups in total. The zero-order chi connectivity index (χ0) is 15.6. The number of sulfonamides is 1. The van der Waals surface area contributed by atoms with Crippen molar-refractivity contribution in [2.75, 3.05) is 19.8 Å². The van der Waals surface area contributed by atoms with Crippen molar-refractivity contribution in [1.29, 1.82) is 0 Å². The van der Waals surface area contributed by atoms with E-state index in [2.05, 4.69) is 0 Å². The number of likely N-dealkylation sites (N-methyl/N-ethyl adjacent to an activating group) is 1. The fourth-order valence-electron chi connectivity index (χ4n) is 2.43. The maximum Gasteiger partial charge on any atom is 0.310 e. The Morgan fingerprint density at radius 3 is 2.67 bits per heavy atom. The molecule has 2 atom stereocenters. The number of nitrogens with zero attached hydrogens (tertiary/aromatic N) is 1. The van der Waals surface area contributed by atoms with Gasteiger partial charge in [0.05, 0.1) is 30.2 Å². The summed E-state index contributed by atoms with van der Waals surface area (Å²) in [6.07, 6.45) is 0. The van der Waals surface area contributed by atoms with E-state index in [1.807, 2.05) is 0 Å². The summed E-state index contributed by atoms with van der Waals surface area (Å²) in [4.78, 5) is 11.2. The second-order valence-corrected chi connectivity index (χ2v) is 6.95. The third-order valence-electron chi connectivity index (χ3n) is 3.47. The van der Waals surface area contributed by atoms with Crippen molar-refractivity contribution >= 4 is 27.6 Å². The van der Waals surface area contributed by atoms with Crippen molar-refractivity contribution in [3.05, 3.63) is 29.3 Å². The molecule has 1 aromatic rings. The highest BCUT2D eigenvalue weighted by Gasteiger charge is 2.43. The van der Waals surface area contributed by atoms with Crippen LogP contribution in [0.3, 0.4) is 0 Å². The summed E-state index contributed by atoms with van der Waals surface area (Å²) in [5, 5.41) is 9.30. The van der Waals surface area contributed by atoms with Gasteiger partial charge in [-0.2, -0.15) is 4.31 Å². The van der Waals surface area contributed by atoms with Crippen LogP contribution < -0.4 is 0 Å². The molecule has 2 rings (SSSR count). The molecule has 1 aromatic carbocycles. The minimum atomic E-state index is -3.87. The van der Waals surface area contributed by atoms with Crippen LogP contribution in [0.15, 0.2) is 29.2 Å². The van der Waals surface area contributed by atoms with Gasteiger partial charge in [0, 0.05) is 6.54 Å². The molecule has 21 heavy (non-hydrogen) atoms. The lowest BCUT2D eigenvalue weighted by molar-refractivity contribution is -0.142. The van der Waals surface area contributed by atoms with Crippen LogP contribution >= 0.6 is 11.6 Å². The van der Waals surface area contributed by atoms with E-state index in [0.717, 1.165) is 4.31 Å². The summed E-state index contributed by atoms with van der Waals surface area (Å²) in [5.74, 6) is -1.94. The fourth-order valence-corrected chi connectivity index (χ4v) is 4.58. The highest BCUT2D eigenvalue weighted by molar-refractivity contribution is 7.89. The number of rotatable bonds is 5. The van der Waals surface area contributed by atoms with Gasteiger partial charge in [0.15, 0.2) is 0 Å². The molecule has 0 radical (unpaired) electrons. The lowest BCUT2D eigenvalue weighted by Crippen LogP contribution is -2.46. The minimum absolute atomic E-state index is 0.00847. The van der Waals surface area contributed by atoms with Gasteiger partial charge in [-0.15, -0.1) is 0 Å². The first-order chi connectivity index (χ1) is 9.89. The van der Waals surface area contributed by atoms with E-state index in [0.29, 0.717) is 0 Å². The monoisotopic (exact) mass is 333 g/mol. The largest absolute Gasteiger partial charge is 0.481 e. The highest BCUT2D eigenvalue weighted by Crippen LogP contribution is 2.29. The van der Waals surface area contributed by atoms with Crippen molar-refractivity contribution in [1.82, 2.24) is 4.31 Å². The molecule has 0 spiro atoms. The molecule has 0 bridgehead atoms. The van der Waals surface area contributed by atoms with Crippen molar-refractivity contribution in [2.24, 2.45) is 5.92 Å². The molecule has 0 saturated carbocycles. The molecule has 0 amide bonds. The van der Waals surface area contributed by atoms with E-state index in [-0.39, 0.29) is 29.7 Å². The standard InChI is InChI=1S/C13H16ClNO5S/c1-2-15(11-8-20-7-9(11)13(16)17)21(18,19)12-6-4-3-5-10(12)14/h3-6,9,11H,2,7-8H2,1H3,(H,16,17). The van der Waals surface area contributed by atoms with Crippen LogP contribution in [0.1, 0.15) is 6.92 Å². The van der Waals surface area contributed by atoms with Gasteiger partial charge in [0.1, 0.15) is 4.90 Å². The van der Waals surface area contributed by atoms with Crippen molar-refractivity contribution in [3.8, 4) is 0 Å². The maximum absolute atomic E-state index is 12.7. The number of carboxylic acids is 1. The molecule has 6 nitrogen and oxygen atoms in total. The normalized spacial score (nSPS) is 22.6. The number of benzene rings is 1. The number of halogens is 1. The summed E-state index contributed by atoms with van der Waals surface area (Å²) in [6, 6.07) is 5.38. The third kappa shape index (κ3) is 3.06. The molecule has 1 heterocycles. The van der Waals surface area contributed by atoms with Crippen LogP contribution in [0.5, 0.6) is 0 Å². The van der Waals surface area contributed by atoms with Crippen LogP contribution in [-0.2, 0) is 19.6 Å². The van der Waals surface area contributed by atoms with Gasteiger partial charge in [-0.3, -0.25) is 4.79 Å². The van der Waals surface area contributed by atoms with Crippen LogP contribution in [0.4, 0.5) is 0 Å². The molecule has 2 unspecified atom stereocenters. The molecule has 1 aliphatic heterocycles. The molecule has 1 saturated heterocycles. The lowest BCUT2D eigenvalue weighted by atomic mass is 10.0. The van der Waals surface area contributed by atoms with Gasteiger partial charge in [-0.1, -0.05) is 30.7 Å². The van der Waals surface area contributed by atoms with Gasteiger partial charge in [-0.25, -0.2) is 8.42 Å². The maximum atomic E-state index is 12.7. The smallest absolute Gasteiger partial charge is 0.310 e. The van der Waals surface area contributed by atoms with Crippen molar-refractivity contribution in [2.45, 2.75) is 17.9 Å². The first-order valence-corrected chi connectivity index (χ1v) is 8.28. The summed E-state index contributed by atoms with van der Waals surface area (Å²) in [6.45, 7) is 1.88. The quantitative estimate of drug-likeness (QED) is 0.881. The summed E-state index contributed by atoms with van der Waals surface area (Å²) in [5.41, 5.74) is 0. The van der Waals surface area contributed by atoms with Crippen LogP contribution in [0.25, 0.3) is 0 Å². The molecule has 1 fully saturated rings. The van der Waals surface area contributed by atoms with E-state index in [1.54, 1.807) is 19.1 Å². The SMILES string of the molecule is CCN(C1COCC1C(=O)O)S(=O)(=O)c1ccccc1Cl. The Morgan fingerprint density at radius 1 is 1.43 bits per heavy atom. The Balaban J connectivity index is 2.41. The number of hydrogen-bond acceptors (Lipinski definition) is 4. The third-order valence-corrected chi connectivity index (χ3v) is 5.97. The molecule has 8 heteroatoms. The van der Waals surface area contributed by atoms with Gasteiger partial charge in [-0.05, 0) is 12.1 Å². The Morgan fingerprint density at radius 2 is 2.10 bits per heavy atom. The number of carbonyl (C=O) groups is 1. The number of carboxylic acid groups (broad SMARTS) is 1. The number of hydrogen-bond donors (Lipinski definition) is 1. The predicted octanol–water partition coefficient (Wildman–Crippen LogP) is 1.45. The number of aliphatic carboxylic acids is 1. The van der Waals surface area contributed by atoms with E-state index < -0.39 is 28.0 Å². The summed E-state index contributed by atoms with van der Waals surface area (Å²) >= 11 is 5.96. The first kappa shape index (κ1) is 16.2. The Bertz CT molecular complexity index is 633. The van der Waals surface area contributed by atoms with E-state index in [4.69, 9.17) is 16.3 Å². The molecule has 1 aliphatic rings. The zero-order valence-electron chi connectivity index (χ0n) is 11.4. The Labute approximate surface area is 128 Å². The van der Waals surface area contributed by atoms with Crippen LogP contribution in [0, 0.1) is 5.92 Å². The van der Waals surface area contributed by atoms with Crippen molar-refractivity contribution in [3.63, 3.8) is 0 Å². The topological polar surface area (TPSA) is 83.9 Å². The summed E-state index contributed by atoms with van der Waals surface area (Å²) < 4.78 is 31.8. The van der Waals surface area contributed by atoms with Gasteiger partial charge >= 0.3 is 5.97 Å². The lowest BCUT2D eigenvalue weighted by Gasteiger charge is -2.28. The van der Waals surface area contributed by atoms with Crippen molar-refractivity contribution < 1.29 is 23.1 Å². The Kier molecular flexibility index (Phi) is 4.88. The van der Waals surface area contributed by atoms with Crippen LogP contribution in [-0.4, -0.2) is 49.6 Å². The van der Waals surface area contributed by atoms with Gasteiger partial charge < -0.3 is 9.84 Å². The number of ether oxygens (including phenoxy) is 1. The zero-order valence-corrected chi connectivity index (χ0v) is 13.0. The summed E-state index contributed by atoms with van der Waals surface area (Å²) in [7, 11) is -3.87. The average molecular weight is 334 g/mol. The van der Waals surface area contributed by atoms with Crippen LogP contribution in [0.2, 0.25) is 5.02 Å². The second-order valence-electron chi connectivity index (χ2n) is 4.69. The Hall–Kier alpha value is -1.15. The molecule has 116 valence electrons. The molecular formula is C13H16ClNO5S. The van der Waals surface area contributed by atoms with E-state index in [1.165, 1.54) is 12.1 Å². The second kappa shape index (κ2) is 6.31.